The number of halogens is 1. The van der Waals surface area contributed by atoms with Gasteiger partial charge in [0.15, 0.2) is 5.57 Å². The molecule has 0 fully saturated rings. The van der Waals surface area contributed by atoms with Crippen molar-refractivity contribution < 1.29 is 13.9 Å². The zero-order valence-electron chi connectivity index (χ0n) is 10.2. The van der Waals surface area contributed by atoms with Crippen LogP contribution in [0.25, 0.3) is 0 Å². The molecule has 0 unspecified atom stereocenters. The molecular weight excluding hydrogens is 235 g/mol. The Morgan fingerprint density at radius 1 is 1.61 bits per heavy atom. The maximum absolute atomic E-state index is 13.0. The molecule has 4 nitrogen and oxygen atoms in total. The summed E-state index contributed by atoms with van der Waals surface area (Å²) >= 11 is 0. The summed E-state index contributed by atoms with van der Waals surface area (Å²) in [6.07, 6.45) is 1.21. The summed E-state index contributed by atoms with van der Waals surface area (Å²) in [4.78, 5) is 11.3. The zero-order chi connectivity index (χ0) is 13.5. The normalized spacial score (nSPS) is 10.7. The predicted octanol–water partition coefficient (Wildman–Crippen LogP) is 2.52. The van der Waals surface area contributed by atoms with E-state index in [2.05, 4.69) is 5.32 Å². The van der Waals surface area contributed by atoms with E-state index in [1.165, 1.54) is 18.3 Å². The van der Waals surface area contributed by atoms with Crippen molar-refractivity contribution in [3.63, 3.8) is 0 Å². The molecule has 0 bridgehead atoms. The maximum Gasteiger partial charge on any atom is 0.350 e. The first-order valence-corrected chi connectivity index (χ1v) is 5.38. The molecule has 0 saturated carbocycles. The van der Waals surface area contributed by atoms with Crippen LogP contribution in [0.15, 0.2) is 30.0 Å². The van der Waals surface area contributed by atoms with Gasteiger partial charge in [-0.15, -0.1) is 0 Å². The van der Waals surface area contributed by atoms with Gasteiger partial charge in [0.2, 0.25) is 0 Å². The number of carbonyl (C=O) groups excluding carboxylic acids is 1. The molecule has 0 amide bonds. The van der Waals surface area contributed by atoms with Crippen molar-refractivity contribution in [2.75, 3.05) is 11.9 Å². The molecular formula is C13H13FN2O2. The van der Waals surface area contributed by atoms with Crippen molar-refractivity contribution in [2.24, 2.45) is 0 Å². The van der Waals surface area contributed by atoms with Crippen molar-refractivity contribution >= 4 is 11.7 Å². The number of carbonyl (C=O) groups is 1. The van der Waals surface area contributed by atoms with Crippen molar-refractivity contribution in [1.82, 2.24) is 0 Å². The van der Waals surface area contributed by atoms with E-state index in [1.54, 1.807) is 26.0 Å². The van der Waals surface area contributed by atoms with Crippen LogP contribution in [0.2, 0.25) is 0 Å². The summed E-state index contributed by atoms with van der Waals surface area (Å²) in [5, 5.41) is 11.5. The lowest BCUT2D eigenvalue weighted by Crippen LogP contribution is -2.08. The number of hydrogen-bond donors (Lipinski definition) is 1. The van der Waals surface area contributed by atoms with Gasteiger partial charge in [0.1, 0.15) is 11.9 Å². The van der Waals surface area contributed by atoms with Gasteiger partial charge >= 0.3 is 5.97 Å². The van der Waals surface area contributed by atoms with Gasteiger partial charge < -0.3 is 10.1 Å². The average Bonchev–Trinajstić information content (AvgIpc) is 2.34. The molecule has 1 aromatic rings. The zero-order valence-corrected chi connectivity index (χ0v) is 10.2. The molecule has 0 saturated heterocycles. The van der Waals surface area contributed by atoms with Crippen molar-refractivity contribution in [3.8, 4) is 6.07 Å². The average molecular weight is 248 g/mol. The van der Waals surface area contributed by atoms with Crippen LogP contribution in [0.4, 0.5) is 10.1 Å². The monoisotopic (exact) mass is 248 g/mol. The Hall–Kier alpha value is -2.35. The van der Waals surface area contributed by atoms with Crippen LogP contribution in [-0.4, -0.2) is 12.6 Å². The third kappa shape index (κ3) is 3.59. The minimum absolute atomic E-state index is 0.166. The van der Waals surface area contributed by atoms with E-state index in [1.807, 2.05) is 0 Å². The van der Waals surface area contributed by atoms with E-state index in [-0.39, 0.29) is 12.2 Å². The summed E-state index contributed by atoms with van der Waals surface area (Å²) in [5.41, 5.74) is 1.13. The Bertz CT molecular complexity index is 518. The van der Waals surface area contributed by atoms with E-state index in [9.17, 15) is 9.18 Å². The predicted molar refractivity (Wildman–Crippen MR) is 65.1 cm³/mol. The number of benzene rings is 1. The number of anilines is 1. The molecule has 1 rings (SSSR count). The van der Waals surface area contributed by atoms with Crippen LogP contribution in [-0.2, 0) is 9.53 Å². The van der Waals surface area contributed by atoms with Crippen LogP contribution in [0.5, 0.6) is 0 Å². The quantitative estimate of drug-likeness (QED) is 0.505. The molecule has 1 aromatic carbocycles. The van der Waals surface area contributed by atoms with Gasteiger partial charge in [-0.05, 0) is 31.5 Å². The Labute approximate surface area is 105 Å². The number of nitrogens with zero attached hydrogens (tertiary/aromatic N) is 1. The van der Waals surface area contributed by atoms with Crippen LogP contribution in [0.3, 0.4) is 0 Å². The third-order valence-corrected chi connectivity index (χ3v) is 2.19. The second-order valence-electron chi connectivity index (χ2n) is 3.49. The fourth-order valence-corrected chi connectivity index (χ4v) is 1.25. The molecule has 1 N–H and O–H groups in total. The number of ether oxygens (including phenoxy) is 1. The molecule has 0 spiro atoms. The molecule has 0 aliphatic rings. The van der Waals surface area contributed by atoms with Gasteiger partial charge in [0.25, 0.3) is 0 Å². The van der Waals surface area contributed by atoms with Crippen molar-refractivity contribution in [3.05, 3.63) is 41.4 Å². The van der Waals surface area contributed by atoms with Crippen molar-refractivity contribution in [1.29, 1.82) is 5.26 Å². The van der Waals surface area contributed by atoms with Gasteiger partial charge in [-0.1, -0.05) is 6.07 Å². The van der Waals surface area contributed by atoms with Gasteiger partial charge in [-0.25, -0.2) is 9.18 Å². The van der Waals surface area contributed by atoms with Crippen LogP contribution in [0, 0.1) is 24.1 Å². The molecule has 0 radical (unpaired) electrons. The summed E-state index contributed by atoms with van der Waals surface area (Å²) < 4.78 is 17.7. The molecule has 0 atom stereocenters. The molecule has 0 aliphatic carbocycles. The highest BCUT2D eigenvalue weighted by atomic mass is 19.1. The summed E-state index contributed by atoms with van der Waals surface area (Å²) in [6, 6.07) is 5.94. The number of hydrogen-bond acceptors (Lipinski definition) is 4. The second kappa shape index (κ2) is 6.40. The first kappa shape index (κ1) is 13.7. The smallest absolute Gasteiger partial charge is 0.350 e. The summed E-state index contributed by atoms with van der Waals surface area (Å²) in [7, 11) is 0. The molecule has 18 heavy (non-hydrogen) atoms. The Morgan fingerprint density at radius 2 is 2.33 bits per heavy atom. The van der Waals surface area contributed by atoms with E-state index in [0.717, 1.165) is 5.56 Å². The van der Waals surface area contributed by atoms with E-state index >= 15 is 0 Å². The highest BCUT2D eigenvalue weighted by molar-refractivity contribution is 5.93. The lowest BCUT2D eigenvalue weighted by atomic mass is 10.2. The molecule has 0 aliphatic heterocycles. The fourth-order valence-electron chi connectivity index (χ4n) is 1.25. The van der Waals surface area contributed by atoms with Gasteiger partial charge in [-0.3, -0.25) is 0 Å². The highest BCUT2D eigenvalue weighted by Gasteiger charge is 2.09. The Balaban J connectivity index is 2.87. The number of nitriles is 1. The summed E-state index contributed by atoms with van der Waals surface area (Å²) in [5.74, 6) is -1.10. The maximum atomic E-state index is 13.0. The van der Waals surface area contributed by atoms with Gasteiger partial charge in [0, 0.05) is 11.9 Å². The molecule has 5 heteroatoms. The van der Waals surface area contributed by atoms with Crippen molar-refractivity contribution in [2.45, 2.75) is 13.8 Å². The highest BCUT2D eigenvalue weighted by Crippen LogP contribution is 2.16. The second-order valence-corrected chi connectivity index (χ2v) is 3.49. The van der Waals surface area contributed by atoms with Crippen LogP contribution in [0.1, 0.15) is 12.5 Å². The van der Waals surface area contributed by atoms with Gasteiger partial charge in [-0.2, -0.15) is 5.26 Å². The van der Waals surface area contributed by atoms with E-state index in [0.29, 0.717) is 5.69 Å². The summed E-state index contributed by atoms with van der Waals surface area (Å²) in [6.45, 7) is 3.62. The third-order valence-electron chi connectivity index (χ3n) is 2.19. The molecule has 0 heterocycles. The van der Waals surface area contributed by atoms with Crippen LogP contribution < -0.4 is 5.32 Å². The van der Waals surface area contributed by atoms with E-state index in [4.69, 9.17) is 10.00 Å². The number of aryl methyl sites for hydroxylation is 1. The number of nitrogens with one attached hydrogen (secondary N) is 1. The Morgan fingerprint density at radius 3 is 2.94 bits per heavy atom. The lowest BCUT2D eigenvalue weighted by molar-refractivity contribution is -0.138. The SMILES string of the molecule is CCOC(=O)C(C#N)=CNc1cc(F)ccc1C. The number of esters is 1. The number of rotatable bonds is 4. The lowest BCUT2D eigenvalue weighted by Gasteiger charge is -2.06. The standard InChI is InChI=1S/C13H13FN2O2/c1-3-18-13(17)10(7-15)8-16-12-6-11(14)5-4-9(12)2/h4-6,8,16H,3H2,1-2H3. The minimum atomic E-state index is -0.707. The fraction of sp³-hybridized carbons (Fsp3) is 0.231. The first-order valence-electron chi connectivity index (χ1n) is 5.38. The van der Waals surface area contributed by atoms with E-state index < -0.39 is 11.8 Å². The van der Waals surface area contributed by atoms with Crippen LogP contribution >= 0.6 is 0 Å². The topological polar surface area (TPSA) is 62.1 Å². The first-order chi connectivity index (χ1) is 8.58. The molecule has 0 aromatic heterocycles. The Kier molecular flexibility index (Phi) is 4.88. The largest absolute Gasteiger partial charge is 0.462 e. The molecule has 94 valence electrons. The minimum Gasteiger partial charge on any atom is -0.462 e. The van der Waals surface area contributed by atoms with Gasteiger partial charge in [0.05, 0.1) is 6.61 Å².